The number of amides is 1. The van der Waals surface area contributed by atoms with E-state index in [1.807, 2.05) is 47.0 Å². The molecule has 1 N–H and O–H groups in total. The minimum absolute atomic E-state index is 0.0263. The predicted molar refractivity (Wildman–Crippen MR) is 125 cm³/mol. The molecule has 32 heavy (non-hydrogen) atoms. The summed E-state index contributed by atoms with van der Waals surface area (Å²) in [7, 11) is 0. The van der Waals surface area contributed by atoms with E-state index in [2.05, 4.69) is 20.5 Å². The van der Waals surface area contributed by atoms with E-state index in [0.29, 0.717) is 28.8 Å². The number of ketones is 1. The number of hydrogen-bond donors (Lipinski definition) is 1. The number of carbonyl (C=O) groups is 2. The largest absolute Gasteiger partial charge is 0.326 e. The molecule has 0 spiro atoms. The fraction of sp³-hybridized carbons (Fsp3) is 0.125. The first-order chi connectivity index (χ1) is 15.6. The van der Waals surface area contributed by atoms with Gasteiger partial charge in [0, 0.05) is 36.1 Å². The van der Waals surface area contributed by atoms with Crippen LogP contribution in [0.1, 0.15) is 22.8 Å². The van der Waals surface area contributed by atoms with Gasteiger partial charge in [0.15, 0.2) is 16.8 Å². The third-order valence-electron chi connectivity index (χ3n) is 4.68. The Bertz CT molecular complexity index is 1210. The lowest BCUT2D eigenvalue weighted by Crippen LogP contribution is -2.08. The molecule has 0 aliphatic rings. The predicted octanol–water partition coefficient (Wildman–Crippen LogP) is 4.32. The van der Waals surface area contributed by atoms with Gasteiger partial charge in [0.2, 0.25) is 5.91 Å². The maximum Gasteiger partial charge on any atom is 0.221 e. The van der Waals surface area contributed by atoms with E-state index in [1.54, 1.807) is 36.7 Å². The van der Waals surface area contributed by atoms with E-state index in [9.17, 15) is 9.59 Å². The minimum atomic E-state index is -0.151. The lowest BCUT2D eigenvalue weighted by Gasteiger charge is -2.10. The number of nitrogens with one attached hydrogen (secondary N) is 1. The van der Waals surface area contributed by atoms with Gasteiger partial charge in [0.05, 0.1) is 12.3 Å². The smallest absolute Gasteiger partial charge is 0.221 e. The van der Waals surface area contributed by atoms with E-state index in [1.165, 1.54) is 18.7 Å². The van der Waals surface area contributed by atoms with E-state index in [0.717, 1.165) is 11.1 Å². The summed E-state index contributed by atoms with van der Waals surface area (Å²) in [5.74, 6) is 0.749. The quantitative estimate of drug-likeness (QED) is 0.322. The Balaban J connectivity index is 1.53. The summed E-state index contributed by atoms with van der Waals surface area (Å²) in [5, 5.41) is 12.1. The van der Waals surface area contributed by atoms with E-state index in [4.69, 9.17) is 0 Å². The molecule has 2 aromatic heterocycles. The summed E-state index contributed by atoms with van der Waals surface area (Å²) >= 11 is 1.35. The number of carbonyl (C=O) groups excluding carboxylic acids is 2. The number of thioether (sulfide) groups is 1. The van der Waals surface area contributed by atoms with Crippen LogP contribution < -0.4 is 5.32 Å². The number of hydrogen-bond acceptors (Lipinski definition) is 6. The van der Waals surface area contributed by atoms with Crippen molar-refractivity contribution in [2.24, 2.45) is 0 Å². The molecule has 7 nitrogen and oxygen atoms in total. The standard InChI is InChI=1S/C24H21N5O2S/c1-17(30)26-21-11-9-19(10-12-21)22(31)16-32-24-28-27-23(20-8-5-13-25-14-20)29(24)15-18-6-3-2-4-7-18/h2-14H,15-16H2,1H3,(H,26,30). The van der Waals surface area contributed by atoms with E-state index in [-0.39, 0.29) is 17.4 Å². The molecular weight excluding hydrogens is 422 g/mol. The Hall–Kier alpha value is -3.78. The molecule has 160 valence electrons. The second kappa shape index (κ2) is 10.0. The first-order valence-corrected chi connectivity index (χ1v) is 11.0. The number of nitrogens with zero attached hydrogens (tertiary/aromatic N) is 4. The summed E-state index contributed by atoms with van der Waals surface area (Å²) in [4.78, 5) is 28.1. The molecule has 0 saturated heterocycles. The van der Waals surface area contributed by atoms with Gasteiger partial charge < -0.3 is 5.32 Å². The lowest BCUT2D eigenvalue weighted by atomic mass is 10.1. The second-order valence-corrected chi connectivity index (χ2v) is 8.03. The summed E-state index contributed by atoms with van der Waals surface area (Å²) in [6, 6.07) is 20.7. The molecule has 0 radical (unpaired) electrons. The van der Waals surface area contributed by atoms with Gasteiger partial charge in [-0.1, -0.05) is 42.1 Å². The highest BCUT2D eigenvalue weighted by Gasteiger charge is 2.17. The molecule has 0 bridgehead atoms. The Morgan fingerprint density at radius 2 is 1.75 bits per heavy atom. The summed E-state index contributed by atoms with van der Waals surface area (Å²) in [6.07, 6.45) is 3.47. The zero-order valence-corrected chi connectivity index (χ0v) is 18.2. The van der Waals surface area contributed by atoms with Crippen molar-refractivity contribution >= 4 is 29.1 Å². The molecule has 4 aromatic rings. The van der Waals surface area contributed by atoms with Crippen molar-refractivity contribution in [3.63, 3.8) is 0 Å². The van der Waals surface area contributed by atoms with Crippen LogP contribution in [0.3, 0.4) is 0 Å². The Labute approximate surface area is 189 Å². The highest BCUT2D eigenvalue weighted by atomic mass is 32.2. The molecule has 1 amide bonds. The highest BCUT2D eigenvalue weighted by molar-refractivity contribution is 7.99. The van der Waals surface area contributed by atoms with Crippen molar-refractivity contribution in [1.29, 1.82) is 0 Å². The average Bonchev–Trinajstić information content (AvgIpc) is 3.21. The first-order valence-electron chi connectivity index (χ1n) is 10.0. The van der Waals surface area contributed by atoms with E-state index < -0.39 is 0 Å². The number of rotatable bonds is 8. The minimum Gasteiger partial charge on any atom is -0.326 e. The highest BCUT2D eigenvalue weighted by Crippen LogP contribution is 2.25. The Morgan fingerprint density at radius 3 is 2.44 bits per heavy atom. The van der Waals surface area contributed by atoms with Gasteiger partial charge in [-0.05, 0) is 42.0 Å². The van der Waals surface area contributed by atoms with Crippen LogP contribution in [0.4, 0.5) is 5.69 Å². The van der Waals surface area contributed by atoms with Crippen molar-refractivity contribution in [3.05, 3.63) is 90.3 Å². The molecule has 8 heteroatoms. The molecule has 0 fully saturated rings. The van der Waals surface area contributed by atoms with Gasteiger partial charge >= 0.3 is 0 Å². The topological polar surface area (TPSA) is 89.8 Å². The lowest BCUT2D eigenvalue weighted by molar-refractivity contribution is -0.114. The Morgan fingerprint density at radius 1 is 0.969 bits per heavy atom. The molecule has 2 heterocycles. The first kappa shape index (κ1) is 21.5. The maximum absolute atomic E-state index is 12.7. The monoisotopic (exact) mass is 443 g/mol. The molecule has 0 aliphatic carbocycles. The third-order valence-corrected chi connectivity index (χ3v) is 5.65. The second-order valence-electron chi connectivity index (χ2n) is 7.09. The molecule has 2 aromatic carbocycles. The van der Waals surface area contributed by atoms with Crippen LogP contribution in [0.25, 0.3) is 11.4 Å². The van der Waals surface area contributed by atoms with Crippen molar-refractivity contribution in [2.45, 2.75) is 18.6 Å². The molecule has 0 saturated carbocycles. The summed E-state index contributed by atoms with van der Waals surface area (Å²) < 4.78 is 2.00. The van der Waals surface area contributed by atoms with E-state index >= 15 is 0 Å². The van der Waals surface area contributed by atoms with Gasteiger partial charge in [-0.15, -0.1) is 10.2 Å². The molecule has 0 unspecified atom stereocenters. The van der Waals surface area contributed by atoms with Crippen molar-refractivity contribution in [2.75, 3.05) is 11.1 Å². The van der Waals surface area contributed by atoms with Crippen molar-refractivity contribution in [1.82, 2.24) is 19.7 Å². The summed E-state index contributed by atoms with van der Waals surface area (Å²) in [5.41, 5.74) is 3.21. The fourth-order valence-electron chi connectivity index (χ4n) is 3.17. The zero-order chi connectivity index (χ0) is 22.3. The van der Waals surface area contributed by atoms with Crippen LogP contribution >= 0.6 is 11.8 Å². The van der Waals surface area contributed by atoms with Crippen LogP contribution in [0.2, 0.25) is 0 Å². The van der Waals surface area contributed by atoms with Crippen LogP contribution in [0, 0.1) is 0 Å². The maximum atomic E-state index is 12.7. The van der Waals surface area contributed by atoms with Crippen LogP contribution in [-0.2, 0) is 11.3 Å². The molecule has 0 aliphatic heterocycles. The molecule has 0 atom stereocenters. The van der Waals surface area contributed by atoms with Gasteiger partial charge in [-0.3, -0.25) is 19.1 Å². The van der Waals surface area contributed by atoms with Crippen molar-refractivity contribution < 1.29 is 9.59 Å². The van der Waals surface area contributed by atoms with Gasteiger partial charge in [-0.2, -0.15) is 0 Å². The number of anilines is 1. The SMILES string of the molecule is CC(=O)Nc1ccc(C(=O)CSc2nnc(-c3cccnc3)n2Cc2ccccc2)cc1. The van der Waals surface area contributed by atoms with Crippen LogP contribution in [0.5, 0.6) is 0 Å². The zero-order valence-electron chi connectivity index (χ0n) is 17.4. The van der Waals surface area contributed by atoms with Crippen LogP contribution in [-0.4, -0.2) is 37.2 Å². The number of aromatic nitrogens is 4. The summed E-state index contributed by atoms with van der Waals surface area (Å²) in [6.45, 7) is 2.03. The molecular formula is C24H21N5O2S. The van der Waals surface area contributed by atoms with Gasteiger partial charge in [-0.25, -0.2) is 0 Å². The number of pyridine rings is 1. The number of Topliss-reactive ketones (excluding diaryl/α,β-unsaturated/α-hetero) is 1. The third kappa shape index (κ3) is 5.28. The molecule has 4 rings (SSSR count). The number of benzene rings is 2. The van der Waals surface area contributed by atoms with Crippen LogP contribution in [0.15, 0.2) is 84.3 Å². The van der Waals surface area contributed by atoms with Crippen molar-refractivity contribution in [3.8, 4) is 11.4 Å². The fourth-order valence-corrected chi connectivity index (χ4v) is 4.00. The Kier molecular flexibility index (Phi) is 6.72. The average molecular weight is 444 g/mol. The normalized spacial score (nSPS) is 10.7. The van der Waals surface area contributed by atoms with Gasteiger partial charge in [0.1, 0.15) is 0 Å². The van der Waals surface area contributed by atoms with Gasteiger partial charge in [0.25, 0.3) is 0 Å².